The van der Waals surface area contributed by atoms with E-state index in [4.69, 9.17) is 0 Å². The zero-order valence-electron chi connectivity index (χ0n) is 14.7. The fourth-order valence-corrected chi connectivity index (χ4v) is 3.09. The molecule has 0 aliphatic rings. The van der Waals surface area contributed by atoms with Gasteiger partial charge >= 0.3 is 6.18 Å². The largest absolute Gasteiger partial charge is 0.417 e. The first-order chi connectivity index (χ1) is 13.4. The highest BCUT2D eigenvalue weighted by molar-refractivity contribution is 7.99. The van der Waals surface area contributed by atoms with Gasteiger partial charge in [-0.05, 0) is 43.3 Å². The number of aromatic nitrogens is 3. The van der Waals surface area contributed by atoms with Crippen LogP contribution in [-0.4, -0.2) is 27.4 Å². The molecule has 0 spiro atoms. The molecule has 0 aliphatic carbocycles. The van der Waals surface area contributed by atoms with Crippen LogP contribution in [0.2, 0.25) is 0 Å². The molecule has 0 N–H and O–H groups in total. The molecule has 0 atom stereocenters. The highest BCUT2D eigenvalue weighted by Gasteiger charge is 2.30. The lowest BCUT2D eigenvalue weighted by Crippen LogP contribution is -2.30. The maximum atomic E-state index is 12.7. The summed E-state index contributed by atoms with van der Waals surface area (Å²) in [4.78, 5) is 26.3. The van der Waals surface area contributed by atoms with Crippen molar-refractivity contribution in [3.05, 3.63) is 72.3 Å². The number of carbonyl (C=O) groups is 1. The van der Waals surface area contributed by atoms with Crippen LogP contribution in [0.4, 0.5) is 18.9 Å². The Morgan fingerprint density at radius 2 is 1.75 bits per heavy atom. The highest BCUT2D eigenvalue weighted by atomic mass is 32.2. The molecule has 9 heteroatoms. The Balaban J connectivity index is 1.71. The summed E-state index contributed by atoms with van der Waals surface area (Å²) in [6.45, 7) is 2.33. The third kappa shape index (κ3) is 4.66. The molecule has 0 saturated carbocycles. The van der Waals surface area contributed by atoms with Crippen molar-refractivity contribution in [3.8, 4) is 0 Å². The van der Waals surface area contributed by atoms with Gasteiger partial charge in [0, 0.05) is 25.1 Å². The van der Waals surface area contributed by atoms with Gasteiger partial charge in [-0.15, -0.1) is 0 Å². The van der Waals surface area contributed by atoms with E-state index in [0.717, 1.165) is 24.0 Å². The molecule has 0 aromatic carbocycles. The van der Waals surface area contributed by atoms with Crippen LogP contribution >= 0.6 is 11.8 Å². The Labute approximate surface area is 163 Å². The second-order valence-electron chi connectivity index (χ2n) is 5.63. The van der Waals surface area contributed by atoms with Crippen molar-refractivity contribution in [1.82, 2.24) is 15.0 Å². The predicted octanol–water partition coefficient (Wildman–Crippen LogP) is 4.71. The highest BCUT2D eigenvalue weighted by Crippen LogP contribution is 2.31. The maximum absolute atomic E-state index is 12.7. The summed E-state index contributed by atoms with van der Waals surface area (Å²) in [7, 11) is 0. The minimum absolute atomic E-state index is 0.216. The van der Waals surface area contributed by atoms with Crippen molar-refractivity contribution in [3.63, 3.8) is 0 Å². The number of pyridine rings is 3. The molecule has 3 aromatic heterocycles. The van der Waals surface area contributed by atoms with E-state index in [2.05, 4.69) is 15.0 Å². The summed E-state index contributed by atoms with van der Waals surface area (Å²) in [6.07, 6.45) is 1.04. The van der Waals surface area contributed by atoms with Gasteiger partial charge in [0.2, 0.25) is 0 Å². The van der Waals surface area contributed by atoms with Gasteiger partial charge in [-0.1, -0.05) is 11.8 Å². The molecule has 3 aromatic rings. The van der Waals surface area contributed by atoms with E-state index in [0.29, 0.717) is 27.8 Å². The number of carbonyl (C=O) groups excluding carboxylic acids is 1. The van der Waals surface area contributed by atoms with Crippen molar-refractivity contribution >= 4 is 23.4 Å². The number of rotatable bonds is 5. The van der Waals surface area contributed by atoms with E-state index in [1.54, 1.807) is 41.6 Å². The molecule has 5 nitrogen and oxygen atoms in total. The maximum Gasteiger partial charge on any atom is 0.417 e. The first kappa shape index (κ1) is 19.8. The molecule has 0 aliphatic heterocycles. The van der Waals surface area contributed by atoms with Gasteiger partial charge in [0.15, 0.2) is 0 Å². The number of alkyl halides is 3. The van der Waals surface area contributed by atoms with Crippen LogP contribution in [0.3, 0.4) is 0 Å². The molecule has 0 unspecified atom stereocenters. The van der Waals surface area contributed by atoms with Crippen LogP contribution in [0.1, 0.15) is 22.8 Å². The number of hydrogen-bond acceptors (Lipinski definition) is 5. The van der Waals surface area contributed by atoms with E-state index < -0.39 is 11.7 Å². The van der Waals surface area contributed by atoms with E-state index in [-0.39, 0.29) is 5.91 Å². The van der Waals surface area contributed by atoms with Gasteiger partial charge in [0.05, 0.1) is 23.0 Å². The topological polar surface area (TPSA) is 59.0 Å². The Kier molecular flexibility index (Phi) is 5.93. The van der Waals surface area contributed by atoms with Crippen molar-refractivity contribution in [2.75, 3.05) is 11.4 Å². The van der Waals surface area contributed by atoms with E-state index >= 15 is 0 Å². The van der Waals surface area contributed by atoms with Crippen molar-refractivity contribution in [1.29, 1.82) is 0 Å². The number of hydrogen-bond donors (Lipinski definition) is 0. The SMILES string of the molecule is CCN(C(=O)c1ccc(Sc2ccc(C(F)(F)F)cn2)nc1)c1cccnc1. The summed E-state index contributed by atoms with van der Waals surface area (Å²) in [6, 6.07) is 9.06. The Morgan fingerprint density at radius 1 is 1.04 bits per heavy atom. The summed E-state index contributed by atoms with van der Waals surface area (Å²) in [5.74, 6) is -0.216. The van der Waals surface area contributed by atoms with Crippen molar-refractivity contribution < 1.29 is 18.0 Å². The zero-order valence-corrected chi connectivity index (χ0v) is 15.5. The Morgan fingerprint density at radius 3 is 2.25 bits per heavy atom. The molecule has 28 heavy (non-hydrogen) atoms. The van der Waals surface area contributed by atoms with Gasteiger partial charge < -0.3 is 4.90 Å². The molecular formula is C19H15F3N4OS. The van der Waals surface area contributed by atoms with Crippen molar-refractivity contribution in [2.24, 2.45) is 0 Å². The number of nitrogens with zero attached hydrogens (tertiary/aromatic N) is 4. The quantitative estimate of drug-likeness (QED) is 0.617. The third-order valence-electron chi connectivity index (χ3n) is 3.78. The van der Waals surface area contributed by atoms with E-state index in [1.807, 2.05) is 6.92 Å². The van der Waals surface area contributed by atoms with Crippen LogP contribution in [0, 0.1) is 0 Å². The summed E-state index contributed by atoms with van der Waals surface area (Å²) < 4.78 is 37.8. The lowest BCUT2D eigenvalue weighted by molar-refractivity contribution is -0.137. The van der Waals surface area contributed by atoms with Gasteiger partial charge in [-0.3, -0.25) is 9.78 Å². The fraction of sp³-hybridized carbons (Fsp3) is 0.158. The van der Waals surface area contributed by atoms with Crippen LogP contribution in [-0.2, 0) is 6.18 Å². The number of anilines is 1. The molecule has 1 amide bonds. The minimum Gasteiger partial charge on any atom is -0.307 e. The summed E-state index contributed by atoms with van der Waals surface area (Å²) in [5, 5.41) is 0.901. The zero-order chi connectivity index (χ0) is 20.1. The minimum atomic E-state index is -4.42. The number of amides is 1. The molecule has 0 bridgehead atoms. The van der Waals surface area contributed by atoms with E-state index in [1.165, 1.54) is 12.3 Å². The van der Waals surface area contributed by atoms with Crippen molar-refractivity contribution in [2.45, 2.75) is 23.2 Å². The first-order valence-electron chi connectivity index (χ1n) is 8.27. The third-order valence-corrected chi connectivity index (χ3v) is 4.68. The second kappa shape index (κ2) is 8.39. The Bertz CT molecular complexity index is 932. The standard InChI is InChI=1S/C19H15F3N4OS/c1-2-26(15-4-3-9-23-12-15)18(27)13-5-7-16(24-10-13)28-17-8-6-14(11-25-17)19(20,21)22/h3-12H,2H2,1H3. The van der Waals surface area contributed by atoms with E-state index in [9.17, 15) is 18.0 Å². The summed E-state index contributed by atoms with van der Waals surface area (Å²) in [5.41, 5.74) is 0.277. The lowest BCUT2D eigenvalue weighted by Gasteiger charge is -2.20. The molecule has 0 radical (unpaired) electrons. The molecule has 3 rings (SSSR count). The fourth-order valence-electron chi connectivity index (χ4n) is 2.40. The van der Waals surface area contributed by atoms with Gasteiger partial charge in [-0.2, -0.15) is 13.2 Å². The smallest absolute Gasteiger partial charge is 0.307 e. The first-order valence-corrected chi connectivity index (χ1v) is 9.09. The normalized spacial score (nSPS) is 11.3. The van der Waals surface area contributed by atoms with Crippen LogP contribution in [0.25, 0.3) is 0 Å². The summed E-state index contributed by atoms with van der Waals surface area (Å²) >= 11 is 1.11. The van der Waals surface area contributed by atoms with Gasteiger partial charge in [-0.25, -0.2) is 9.97 Å². The van der Waals surface area contributed by atoms with Crippen LogP contribution < -0.4 is 4.90 Å². The van der Waals surface area contributed by atoms with Gasteiger partial charge in [0.25, 0.3) is 5.91 Å². The van der Waals surface area contributed by atoms with Crippen LogP contribution in [0.15, 0.2) is 71.2 Å². The Hall–Kier alpha value is -2.94. The lowest BCUT2D eigenvalue weighted by atomic mass is 10.2. The molecule has 0 saturated heterocycles. The molecule has 144 valence electrons. The predicted molar refractivity (Wildman–Crippen MR) is 99.2 cm³/mol. The molecular weight excluding hydrogens is 389 g/mol. The number of halogens is 3. The molecule has 3 heterocycles. The average molecular weight is 404 g/mol. The average Bonchev–Trinajstić information content (AvgIpc) is 2.69. The van der Waals surface area contributed by atoms with Crippen LogP contribution in [0.5, 0.6) is 0 Å². The van der Waals surface area contributed by atoms with Gasteiger partial charge in [0.1, 0.15) is 10.1 Å². The monoisotopic (exact) mass is 404 g/mol. The molecule has 0 fully saturated rings. The second-order valence-corrected chi connectivity index (χ2v) is 6.67.